The van der Waals surface area contributed by atoms with Crippen molar-refractivity contribution in [2.24, 2.45) is 0 Å². The molecule has 26 heavy (non-hydrogen) atoms. The smallest absolute Gasteiger partial charge is 0.229 e. The van der Waals surface area contributed by atoms with Gasteiger partial charge in [-0.15, -0.1) is 0 Å². The molecule has 0 aliphatic carbocycles. The molecule has 132 valence electrons. The first-order valence-electron chi connectivity index (χ1n) is 7.76. The Bertz CT molecular complexity index is 959. The maximum Gasteiger partial charge on any atom is 0.229 e. The molecule has 1 amide bonds. The number of aryl methyl sites for hydroxylation is 1. The van der Waals surface area contributed by atoms with Crippen molar-refractivity contribution < 1.29 is 18.0 Å². The van der Waals surface area contributed by atoms with E-state index in [0.717, 1.165) is 12.1 Å². The number of anilines is 1. The van der Waals surface area contributed by atoms with E-state index in [1.807, 2.05) is 0 Å². The van der Waals surface area contributed by atoms with E-state index in [1.165, 1.54) is 24.4 Å². The van der Waals surface area contributed by atoms with Crippen LogP contribution in [0.25, 0.3) is 11.3 Å². The van der Waals surface area contributed by atoms with Gasteiger partial charge in [0.2, 0.25) is 5.91 Å². The summed E-state index contributed by atoms with van der Waals surface area (Å²) in [7, 11) is 0. The lowest BCUT2D eigenvalue weighted by atomic mass is 10.1. The Morgan fingerprint density at radius 1 is 1.04 bits per heavy atom. The number of benzene rings is 2. The summed E-state index contributed by atoms with van der Waals surface area (Å²) in [6.07, 6.45) is 1.34. The molecule has 0 aliphatic rings. The summed E-state index contributed by atoms with van der Waals surface area (Å²) in [5.41, 5.74) is 2.06. The fourth-order valence-electron chi connectivity index (χ4n) is 2.38. The Balaban J connectivity index is 1.72. The maximum atomic E-state index is 13.2. The second-order valence-electron chi connectivity index (χ2n) is 5.67. The summed E-state index contributed by atoms with van der Waals surface area (Å²) in [6, 6.07) is 9.10. The molecule has 0 saturated carbocycles. The molecule has 3 rings (SSSR count). The minimum Gasteiger partial charge on any atom is -0.309 e. The van der Waals surface area contributed by atoms with Crippen LogP contribution in [0.1, 0.15) is 11.3 Å². The van der Waals surface area contributed by atoms with Gasteiger partial charge in [-0.25, -0.2) is 23.1 Å². The lowest BCUT2D eigenvalue weighted by Crippen LogP contribution is -2.17. The normalized spacial score (nSPS) is 10.6. The molecule has 0 aliphatic heterocycles. The minimum atomic E-state index is -1.00. The van der Waals surface area contributed by atoms with E-state index in [0.29, 0.717) is 22.5 Å². The lowest BCUT2D eigenvalue weighted by molar-refractivity contribution is -0.115. The number of nitrogens with zero attached hydrogens (tertiary/aromatic N) is 2. The van der Waals surface area contributed by atoms with Crippen LogP contribution in [0.2, 0.25) is 0 Å². The van der Waals surface area contributed by atoms with Crippen LogP contribution in [0.4, 0.5) is 19.0 Å². The van der Waals surface area contributed by atoms with E-state index in [-0.39, 0.29) is 18.1 Å². The largest absolute Gasteiger partial charge is 0.309 e. The average Bonchev–Trinajstić information content (AvgIpc) is 2.60. The number of nitrogens with one attached hydrogen (secondary N) is 1. The molecule has 1 aromatic heterocycles. The third-order valence-corrected chi connectivity index (χ3v) is 3.69. The zero-order valence-corrected chi connectivity index (χ0v) is 13.8. The maximum absolute atomic E-state index is 13.2. The highest BCUT2D eigenvalue weighted by atomic mass is 19.2. The number of hydrogen-bond acceptors (Lipinski definition) is 3. The van der Waals surface area contributed by atoms with Crippen LogP contribution >= 0.6 is 0 Å². The van der Waals surface area contributed by atoms with Crippen molar-refractivity contribution in [2.75, 3.05) is 5.32 Å². The third-order valence-electron chi connectivity index (χ3n) is 3.69. The fraction of sp³-hybridized carbons (Fsp3) is 0.105. The quantitative estimate of drug-likeness (QED) is 0.766. The van der Waals surface area contributed by atoms with Crippen LogP contribution in [0.5, 0.6) is 0 Å². The van der Waals surface area contributed by atoms with Crippen LogP contribution in [-0.2, 0) is 11.2 Å². The van der Waals surface area contributed by atoms with Crippen molar-refractivity contribution in [2.45, 2.75) is 13.3 Å². The molecule has 0 unspecified atom stereocenters. The zero-order valence-electron chi connectivity index (χ0n) is 13.8. The highest BCUT2D eigenvalue weighted by molar-refractivity contribution is 5.91. The summed E-state index contributed by atoms with van der Waals surface area (Å²) in [5, 5.41) is 2.59. The van der Waals surface area contributed by atoms with Gasteiger partial charge in [-0.3, -0.25) is 4.79 Å². The van der Waals surface area contributed by atoms with Crippen LogP contribution in [0.3, 0.4) is 0 Å². The molecule has 2 aromatic carbocycles. The summed E-state index contributed by atoms with van der Waals surface area (Å²) < 4.78 is 39.1. The first-order valence-corrected chi connectivity index (χ1v) is 7.76. The fourth-order valence-corrected chi connectivity index (χ4v) is 2.38. The van der Waals surface area contributed by atoms with Crippen molar-refractivity contribution >= 4 is 11.7 Å². The minimum absolute atomic E-state index is 0.127. The lowest BCUT2D eigenvalue weighted by Gasteiger charge is -2.09. The molecule has 4 nitrogen and oxygen atoms in total. The number of carbonyl (C=O) groups excluding carboxylic acids is 1. The number of aromatic nitrogens is 2. The molecular weight excluding hydrogens is 343 g/mol. The molecule has 3 aromatic rings. The molecule has 1 N–H and O–H groups in total. The highest BCUT2D eigenvalue weighted by Crippen LogP contribution is 2.20. The van der Waals surface area contributed by atoms with Crippen LogP contribution < -0.4 is 5.32 Å². The van der Waals surface area contributed by atoms with Crippen molar-refractivity contribution in [3.63, 3.8) is 0 Å². The zero-order chi connectivity index (χ0) is 18.7. The SMILES string of the molecule is Cc1nc(-c2ccc(F)cc2)cnc1NC(=O)Cc1ccc(F)c(F)c1. The van der Waals surface area contributed by atoms with Crippen LogP contribution in [0.15, 0.2) is 48.7 Å². The molecule has 0 fully saturated rings. The van der Waals surface area contributed by atoms with Crippen molar-refractivity contribution in [3.8, 4) is 11.3 Å². The Kier molecular flexibility index (Phi) is 4.97. The molecule has 0 atom stereocenters. The Morgan fingerprint density at radius 3 is 2.42 bits per heavy atom. The number of carbonyl (C=O) groups is 1. The summed E-state index contributed by atoms with van der Waals surface area (Å²) in [4.78, 5) is 20.6. The summed E-state index contributed by atoms with van der Waals surface area (Å²) in [5.74, 6) is -2.48. The Morgan fingerprint density at radius 2 is 1.77 bits per heavy atom. The second kappa shape index (κ2) is 7.35. The van der Waals surface area contributed by atoms with Gasteiger partial charge in [0.05, 0.1) is 24.0 Å². The van der Waals surface area contributed by atoms with E-state index < -0.39 is 17.5 Å². The molecule has 0 saturated heterocycles. The van der Waals surface area contributed by atoms with E-state index in [1.54, 1.807) is 19.1 Å². The van der Waals surface area contributed by atoms with Gasteiger partial charge >= 0.3 is 0 Å². The third kappa shape index (κ3) is 4.05. The van der Waals surface area contributed by atoms with Gasteiger partial charge in [0.25, 0.3) is 0 Å². The van der Waals surface area contributed by atoms with Crippen LogP contribution in [-0.4, -0.2) is 15.9 Å². The van der Waals surface area contributed by atoms with Gasteiger partial charge in [-0.2, -0.15) is 0 Å². The predicted molar refractivity (Wildman–Crippen MR) is 90.9 cm³/mol. The molecule has 0 bridgehead atoms. The van der Waals surface area contributed by atoms with Gasteiger partial charge in [-0.05, 0) is 48.9 Å². The summed E-state index contributed by atoms with van der Waals surface area (Å²) in [6.45, 7) is 1.67. The highest BCUT2D eigenvalue weighted by Gasteiger charge is 2.11. The monoisotopic (exact) mass is 357 g/mol. The standard InChI is InChI=1S/C19H14F3N3O/c1-11-19(23-10-17(24-11)13-3-5-14(20)6-4-13)25-18(26)9-12-2-7-15(21)16(22)8-12/h2-8,10H,9H2,1H3,(H,23,25,26). The predicted octanol–water partition coefficient (Wildman–Crippen LogP) is 4.05. The van der Waals surface area contributed by atoms with Gasteiger partial charge < -0.3 is 5.32 Å². The van der Waals surface area contributed by atoms with Crippen molar-refractivity contribution in [1.82, 2.24) is 9.97 Å². The summed E-state index contributed by atoms with van der Waals surface area (Å²) >= 11 is 0. The molecule has 0 spiro atoms. The topological polar surface area (TPSA) is 54.9 Å². The van der Waals surface area contributed by atoms with Gasteiger partial charge in [-0.1, -0.05) is 6.07 Å². The van der Waals surface area contributed by atoms with Crippen LogP contribution in [0, 0.1) is 24.4 Å². The number of halogens is 3. The molecule has 0 radical (unpaired) electrons. The number of amides is 1. The first-order chi connectivity index (χ1) is 12.4. The van der Waals surface area contributed by atoms with Gasteiger partial charge in [0, 0.05) is 5.56 Å². The van der Waals surface area contributed by atoms with Gasteiger partial charge in [0.15, 0.2) is 17.5 Å². The second-order valence-corrected chi connectivity index (χ2v) is 5.67. The first kappa shape index (κ1) is 17.6. The van der Waals surface area contributed by atoms with Crippen molar-refractivity contribution in [3.05, 3.63) is 77.4 Å². The number of rotatable bonds is 4. The molecule has 1 heterocycles. The van der Waals surface area contributed by atoms with E-state index >= 15 is 0 Å². The molecular formula is C19H14F3N3O. The van der Waals surface area contributed by atoms with E-state index in [4.69, 9.17) is 0 Å². The van der Waals surface area contributed by atoms with E-state index in [2.05, 4.69) is 15.3 Å². The Hall–Kier alpha value is -3.22. The van der Waals surface area contributed by atoms with Crippen molar-refractivity contribution in [1.29, 1.82) is 0 Å². The Labute approximate surface area is 147 Å². The van der Waals surface area contributed by atoms with Gasteiger partial charge in [0.1, 0.15) is 5.82 Å². The average molecular weight is 357 g/mol. The van der Waals surface area contributed by atoms with E-state index in [9.17, 15) is 18.0 Å². The molecule has 7 heteroatoms. The number of hydrogen-bond donors (Lipinski definition) is 1.